The Morgan fingerprint density at radius 1 is 1.25 bits per heavy atom. The number of nitrogens with one attached hydrogen (secondary N) is 2. The van der Waals surface area contributed by atoms with Crippen molar-refractivity contribution in [1.29, 1.82) is 0 Å². The molecule has 2 aromatic rings. The van der Waals surface area contributed by atoms with Gasteiger partial charge < -0.3 is 5.32 Å². The van der Waals surface area contributed by atoms with Gasteiger partial charge in [-0.1, -0.05) is 0 Å². The smallest absolute Gasteiger partial charge is 0.255 e. The molecular weight excluding hydrogens is 216 g/mol. The van der Waals surface area contributed by atoms with E-state index in [-0.39, 0.29) is 5.56 Å². The molecule has 1 aromatic carbocycles. The van der Waals surface area contributed by atoms with Crippen LogP contribution in [0.1, 0.15) is 10.4 Å². The van der Waals surface area contributed by atoms with E-state index in [0.29, 0.717) is 11.8 Å². The molecule has 2 N–H and O–H groups in total. The summed E-state index contributed by atoms with van der Waals surface area (Å²) in [7, 11) is 0. The number of H-pyrrole nitrogens is 1. The van der Waals surface area contributed by atoms with Gasteiger partial charge in [0.2, 0.25) is 0 Å². The summed E-state index contributed by atoms with van der Waals surface area (Å²) in [5, 5.41) is 8.54. The van der Waals surface area contributed by atoms with Crippen LogP contribution >= 0.6 is 0 Å². The van der Waals surface area contributed by atoms with Crippen molar-refractivity contribution in [2.75, 3.05) is 5.32 Å². The quantitative estimate of drug-likeness (QED) is 0.817. The van der Waals surface area contributed by atoms with Crippen molar-refractivity contribution < 1.29 is 13.6 Å². The SMILES string of the molecule is O=C(Nc1cn[nH]c1)c1cc(F)cc(F)c1. The number of carbonyl (C=O) groups is 1. The molecule has 1 aromatic heterocycles. The molecule has 82 valence electrons. The van der Waals surface area contributed by atoms with E-state index in [9.17, 15) is 13.6 Å². The molecule has 0 fully saturated rings. The minimum Gasteiger partial charge on any atom is -0.319 e. The van der Waals surface area contributed by atoms with E-state index in [1.165, 1.54) is 12.4 Å². The average molecular weight is 223 g/mol. The molecule has 0 aliphatic carbocycles. The number of rotatable bonds is 2. The Morgan fingerprint density at radius 3 is 2.50 bits per heavy atom. The first kappa shape index (κ1) is 10.3. The number of nitrogens with zero attached hydrogens (tertiary/aromatic N) is 1. The second-order valence-electron chi connectivity index (χ2n) is 3.10. The molecule has 1 heterocycles. The predicted octanol–water partition coefficient (Wildman–Crippen LogP) is 1.94. The summed E-state index contributed by atoms with van der Waals surface area (Å²) < 4.78 is 25.7. The first-order valence-corrected chi connectivity index (χ1v) is 4.41. The molecule has 1 amide bonds. The highest BCUT2D eigenvalue weighted by Crippen LogP contribution is 2.10. The number of anilines is 1. The summed E-state index contributed by atoms with van der Waals surface area (Å²) in [6.07, 6.45) is 2.83. The maximum atomic E-state index is 12.8. The van der Waals surface area contributed by atoms with Gasteiger partial charge in [0.05, 0.1) is 11.9 Å². The van der Waals surface area contributed by atoms with Crippen LogP contribution in [-0.2, 0) is 0 Å². The third-order valence-electron chi connectivity index (χ3n) is 1.88. The van der Waals surface area contributed by atoms with E-state index in [4.69, 9.17) is 0 Å². The van der Waals surface area contributed by atoms with Gasteiger partial charge in [-0.3, -0.25) is 9.89 Å². The van der Waals surface area contributed by atoms with Crippen molar-refractivity contribution in [2.45, 2.75) is 0 Å². The van der Waals surface area contributed by atoms with Crippen LogP contribution in [0.25, 0.3) is 0 Å². The molecule has 0 saturated carbocycles. The van der Waals surface area contributed by atoms with Gasteiger partial charge in [-0.15, -0.1) is 0 Å². The van der Waals surface area contributed by atoms with Gasteiger partial charge in [0.1, 0.15) is 11.6 Å². The standard InChI is InChI=1S/C10H7F2N3O/c11-7-1-6(2-8(12)3-7)10(16)15-9-4-13-14-5-9/h1-5H,(H,13,14)(H,15,16). The maximum absolute atomic E-state index is 12.8. The topological polar surface area (TPSA) is 57.8 Å². The molecule has 0 radical (unpaired) electrons. The number of carbonyl (C=O) groups excluding carboxylic acids is 1. The minimum absolute atomic E-state index is 0.0845. The van der Waals surface area contributed by atoms with Crippen LogP contribution in [0.3, 0.4) is 0 Å². The Bertz CT molecular complexity index is 491. The van der Waals surface area contributed by atoms with Crippen molar-refractivity contribution in [1.82, 2.24) is 10.2 Å². The molecule has 16 heavy (non-hydrogen) atoms. The van der Waals surface area contributed by atoms with Crippen molar-refractivity contribution >= 4 is 11.6 Å². The van der Waals surface area contributed by atoms with Crippen LogP contribution in [0, 0.1) is 11.6 Å². The summed E-state index contributed by atoms with van der Waals surface area (Å²) in [6.45, 7) is 0. The van der Waals surface area contributed by atoms with Gasteiger partial charge in [-0.25, -0.2) is 8.78 Å². The average Bonchev–Trinajstić information content (AvgIpc) is 2.68. The molecule has 0 saturated heterocycles. The van der Waals surface area contributed by atoms with Crippen molar-refractivity contribution in [3.8, 4) is 0 Å². The lowest BCUT2D eigenvalue weighted by Gasteiger charge is -2.02. The number of aromatic amines is 1. The molecule has 4 nitrogen and oxygen atoms in total. The molecule has 0 aliphatic heterocycles. The first-order valence-electron chi connectivity index (χ1n) is 4.41. The van der Waals surface area contributed by atoms with Crippen LogP contribution < -0.4 is 5.32 Å². The summed E-state index contributed by atoms with van der Waals surface area (Å²) in [6, 6.07) is 2.62. The minimum atomic E-state index is -0.794. The summed E-state index contributed by atoms with van der Waals surface area (Å²) in [4.78, 5) is 11.5. The Labute approximate surface area is 89.3 Å². The number of halogens is 2. The zero-order valence-corrected chi connectivity index (χ0v) is 8.00. The third-order valence-corrected chi connectivity index (χ3v) is 1.88. The zero-order chi connectivity index (χ0) is 11.5. The molecule has 2 rings (SSSR count). The van der Waals surface area contributed by atoms with Gasteiger partial charge >= 0.3 is 0 Å². The van der Waals surface area contributed by atoms with Gasteiger partial charge in [0.25, 0.3) is 5.91 Å². The monoisotopic (exact) mass is 223 g/mol. The largest absolute Gasteiger partial charge is 0.319 e. The normalized spacial score (nSPS) is 10.1. The first-order chi connectivity index (χ1) is 7.65. The molecular formula is C10H7F2N3O. The number of aromatic nitrogens is 2. The highest BCUT2D eigenvalue weighted by atomic mass is 19.1. The Hall–Kier alpha value is -2.24. The summed E-state index contributed by atoms with van der Waals surface area (Å²) >= 11 is 0. The van der Waals surface area contributed by atoms with Crippen molar-refractivity contribution in [3.63, 3.8) is 0 Å². The molecule has 0 unspecified atom stereocenters. The van der Waals surface area contributed by atoms with Crippen LogP contribution in [0.15, 0.2) is 30.6 Å². The van der Waals surface area contributed by atoms with E-state index in [1.54, 1.807) is 0 Å². The molecule has 0 aliphatic rings. The van der Waals surface area contributed by atoms with Gasteiger partial charge in [-0.2, -0.15) is 5.10 Å². The highest BCUT2D eigenvalue weighted by molar-refractivity contribution is 6.04. The van der Waals surface area contributed by atoms with Crippen molar-refractivity contribution in [3.05, 3.63) is 47.8 Å². The number of hydrogen-bond acceptors (Lipinski definition) is 2. The summed E-state index contributed by atoms with van der Waals surface area (Å²) in [5.41, 5.74) is 0.341. The number of amides is 1. The van der Waals surface area contributed by atoms with Crippen molar-refractivity contribution in [2.24, 2.45) is 0 Å². The van der Waals surface area contributed by atoms with Gasteiger partial charge in [0.15, 0.2) is 0 Å². The molecule has 0 bridgehead atoms. The second kappa shape index (κ2) is 4.09. The predicted molar refractivity (Wildman–Crippen MR) is 52.9 cm³/mol. The molecule has 0 atom stereocenters. The fourth-order valence-corrected chi connectivity index (χ4v) is 1.21. The lowest BCUT2D eigenvalue weighted by molar-refractivity contribution is 0.102. The number of hydrogen-bond donors (Lipinski definition) is 2. The van der Waals surface area contributed by atoms with E-state index >= 15 is 0 Å². The van der Waals surface area contributed by atoms with Crippen LogP contribution in [0.2, 0.25) is 0 Å². The van der Waals surface area contributed by atoms with E-state index in [2.05, 4.69) is 15.5 Å². The Morgan fingerprint density at radius 2 is 1.94 bits per heavy atom. The molecule has 0 spiro atoms. The number of benzene rings is 1. The molecule has 6 heteroatoms. The highest BCUT2D eigenvalue weighted by Gasteiger charge is 2.09. The lowest BCUT2D eigenvalue weighted by atomic mass is 10.2. The van der Waals surface area contributed by atoms with Crippen LogP contribution in [0.4, 0.5) is 14.5 Å². The van der Waals surface area contributed by atoms with Crippen LogP contribution in [-0.4, -0.2) is 16.1 Å². The fourth-order valence-electron chi connectivity index (χ4n) is 1.21. The fraction of sp³-hybridized carbons (Fsp3) is 0. The maximum Gasteiger partial charge on any atom is 0.255 e. The van der Waals surface area contributed by atoms with Gasteiger partial charge in [-0.05, 0) is 12.1 Å². The van der Waals surface area contributed by atoms with E-state index < -0.39 is 17.5 Å². The zero-order valence-electron chi connectivity index (χ0n) is 8.00. The van der Waals surface area contributed by atoms with Gasteiger partial charge in [0, 0.05) is 17.8 Å². The van der Waals surface area contributed by atoms with E-state index in [0.717, 1.165) is 12.1 Å². The lowest BCUT2D eigenvalue weighted by Crippen LogP contribution is -2.12. The third kappa shape index (κ3) is 2.22. The van der Waals surface area contributed by atoms with E-state index in [1.807, 2.05) is 0 Å². The Kier molecular flexibility index (Phi) is 2.63. The second-order valence-corrected chi connectivity index (χ2v) is 3.10. The summed E-state index contributed by atoms with van der Waals surface area (Å²) in [5.74, 6) is -2.19. The van der Waals surface area contributed by atoms with Crippen LogP contribution in [0.5, 0.6) is 0 Å². The Balaban J connectivity index is 2.21.